The van der Waals surface area contributed by atoms with Gasteiger partial charge in [-0.05, 0) is 30.5 Å². The van der Waals surface area contributed by atoms with E-state index in [4.69, 9.17) is 9.47 Å². The van der Waals surface area contributed by atoms with Gasteiger partial charge in [-0.1, -0.05) is 25.3 Å². The average molecular weight is 332 g/mol. The van der Waals surface area contributed by atoms with Crippen LogP contribution in [-0.2, 0) is 10.2 Å². The Morgan fingerprint density at radius 1 is 1.17 bits per heavy atom. The normalized spacial score (nSPS) is 20.1. The van der Waals surface area contributed by atoms with E-state index in [1.165, 1.54) is 24.8 Å². The SMILES string of the molecule is COc1ccc(C2(CNC(=O)C3CNC3)CCCCC2)cc1OC. The number of methoxy groups -OCH3 is 2. The molecule has 1 aliphatic heterocycles. The number of ether oxygens (including phenoxy) is 2. The summed E-state index contributed by atoms with van der Waals surface area (Å²) in [5.41, 5.74) is 1.25. The lowest BCUT2D eigenvalue weighted by Crippen LogP contribution is -2.53. The summed E-state index contributed by atoms with van der Waals surface area (Å²) in [6.07, 6.45) is 5.89. The molecule has 0 bridgehead atoms. The van der Waals surface area contributed by atoms with Gasteiger partial charge in [0.25, 0.3) is 0 Å². The first kappa shape index (κ1) is 17.1. The zero-order valence-electron chi connectivity index (χ0n) is 14.7. The van der Waals surface area contributed by atoms with Crippen LogP contribution in [0.4, 0.5) is 0 Å². The summed E-state index contributed by atoms with van der Waals surface area (Å²) >= 11 is 0. The predicted octanol–water partition coefficient (Wildman–Crippen LogP) is 2.24. The van der Waals surface area contributed by atoms with Crippen LogP contribution in [0.25, 0.3) is 0 Å². The molecule has 0 radical (unpaired) electrons. The summed E-state index contributed by atoms with van der Waals surface area (Å²) in [6, 6.07) is 6.19. The summed E-state index contributed by atoms with van der Waals surface area (Å²) < 4.78 is 10.8. The van der Waals surface area contributed by atoms with Gasteiger partial charge >= 0.3 is 0 Å². The van der Waals surface area contributed by atoms with Gasteiger partial charge in [-0.25, -0.2) is 0 Å². The van der Waals surface area contributed by atoms with Gasteiger partial charge in [-0.15, -0.1) is 0 Å². The summed E-state index contributed by atoms with van der Waals surface area (Å²) in [7, 11) is 3.32. The van der Waals surface area contributed by atoms with Crippen LogP contribution in [0.5, 0.6) is 11.5 Å². The van der Waals surface area contributed by atoms with Crippen molar-refractivity contribution in [2.24, 2.45) is 5.92 Å². The van der Waals surface area contributed by atoms with Crippen molar-refractivity contribution in [3.63, 3.8) is 0 Å². The van der Waals surface area contributed by atoms with Gasteiger partial charge in [-0.2, -0.15) is 0 Å². The second-order valence-electron chi connectivity index (χ2n) is 6.98. The molecule has 1 aromatic carbocycles. The van der Waals surface area contributed by atoms with E-state index < -0.39 is 0 Å². The van der Waals surface area contributed by atoms with Gasteiger partial charge in [0.05, 0.1) is 20.1 Å². The number of nitrogens with one attached hydrogen (secondary N) is 2. The highest BCUT2D eigenvalue weighted by molar-refractivity contribution is 5.80. The van der Waals surface area contributed by atoms with Crippen LogP contribution in [0.3, 0.4) is 0 Å². The predicted molar refractivity (Wildman–Crippen MR) is 93.7 cm³/mol. The molecule has 24 heavy (non-hydrogen) atoms. The molecule has 5 heteroatoms. The van der Waals surface area contributed by atoms with Gasteiger partial charge in [0.1, 0.15) is 0 Å². The number of benzene rings is 1. The van der Waals surface area contributed by atoms with Crippen molar-refractivity contribution in [2.45, 2.75) is 37.5 Å². The number of hydrogen-bond acceptors (Lipinski definition) is 4. The van der Waals surface area contributed by atoms with Crippen molar-refractivity contribution in [2.75, 3.05) is 33.9 Å². The molecule has 2 aliphatic rings. The van der Waals surface area contributed by atoms with E-state index in [2.05, 4.69) is 22.8 Å². The molecule has 1 amide bonds. The quantitative estimate of drug-likeness (QED) is 0.839. The lowest BCUT2D eigenvalue weighted by Gasteiger charge is -2.39. The van der Waals surface area contributed by atoms with E-state index in [1.54, 1.807) is 14.2 Å². The molecule has 0 aromatic heterocycles. The molecule has 2 fully saturated rings. The number of carbonyl (C=O) groups is 1. The first-order valence-electron chi connectivity index (χ1n) is 8.89. The summed E-state index contributed by atoms with van der Waals surface area (Å²) in [6.45, 7) is 2.31. The second-order valence-corrected chi connectivity index (χ2v) is 6.98. The average Bonchev–Trinajstić information content (AvgIpc) is 2.58. The van der Waals surface area contributed by atoms with Crippen LogP contribution in [0.15, 0.2) is 18.2 Å². The van der Waals surface area contributed by atoms with E-state index in [0.29, 0.717) is 6.54 Å². The lowest BCUT2D eigenvalue weighted by molar-refractivity contribution is -0.126. The van der Waals surface area contributed by atoms with E-state index in [-0.39, 0.29) is 17.2 Å². The topological polar surface area (TPSA) is 59.6 Å². The fourth-order valence-electron chi connectivity index (χ4n) is 3.84. The molecule has 1 aromatic rings. The Morgan fingerprint density at radius 2 is 1.88 bits per heavy atom. The molecule has 2 N–H and O–H groups in total. The highest BCUT2D eigenvalue weighted by Gasteiger charge is 2.36. The fourth-order valence-corrected chi connectivity index (χ4v) is 3.84. The minimum absolute atomic E-state index is 0.00460. The van der Waals surface area contributed by atoms with Crippen LogP contribution in [0.2, 0.25) is 0 Å². The van der Waals surface area contributed by atoms with Crippen molar-refractivity contribution < 1.29 is 14.3 Å². The van der Waals surface area contributed by atoms with E-state index in [9.17, 15) is 4.79 Å². The van der Waals surface area contributed by atoms with Gasteiger partial charge in [0.15, 0.2) is 11.5 Å². The van der Waals surface area contributed by atoms with E-state index in [1.807, 2.05) is 6.07 Å². The largest absolute Gasteiger partial charge is 0.493 e. The number of hydrogen-bond donors (Lipinski definition) is 2. The first-order chi connectivity index (χ1) is 11.7. The maximum Gasteiger partial charge on any atom is 0.225 e. The zero-order chi connectivity index (χ0) is 17.0. The Bertz CT molecular complexity index is 578. The molecular formula is C19H28N2O3. The Labute approximate surface area is 144 Å². The first-order valence-corrected chi connectivity index (χ1v) is 8.89. The van der Waals surface area contributed by atoms with Gasteiger partial charge < -0.3 is 20.1 Å². The Morgan fingerprint density at radius 3 is 2.46 bits per heavy atom. The summed E-state index contributed by atoms with van der Waals surface area (Å²) in [5.74, 6) is 1.82. The van der Waals surface area contributed by atoms with E-state index in [0.717, 1.165) is 37.4 Å². The third kappa shape index (κ3) is 3.36. The maximum atomic E-state index is 12.3. The molecule has 1 saturated heterocycles. The summed E-state index contributed by atoms with van der Waals surface area (Å²) in [4.78, 5) is 12.3. The maximum absolute atomic E-state index is 12.3. The minimum atomic E-state index is 0.00460. The molecule has 3 rings (SSSR count). The molecule has 1 aliphatic carbocycles. The Kier molecular flexibility index (Phi) is 5.29. The van der Waals surface area contributed by atoms with Crippen LogP contribution < -0.4 is 20.1 Å². The molecule has 0 atom stereocenters. The smallest absolute Gasteiger partial charge is 0.225 e. The van der Waals surface area contributed by atoms with Crippen molar-refractivity contribution >= 4 is 5.91 Å². The zero-order valence-corrected chi connectivity index (χ0v) is 14.7. The van der Waals surface area contributed by atoms with Crippen LogP contribution in [0, 0.1) is 5.92 Å². The standard InChI is InChI=1S/C19H28N2O3/c1-23-16-7-6-15(10-17(16)24-2)19(8-4-3-5-9-19)13-21-18(22)14-11-20-12-14/h6-7,10,14,20H,3-5,8-9,11-13H2,1-2H3,(H,21,22). The van der Waals surface area contributed by atoms with E-state index >= 15 is 0 Å². The van der Waals surface area contributed by atoms with Gasteiger partial charge in [0.2, 0.25) is 5.91 Å². The van der Waals surface area contributed by atoms with Gasteiger partial charge in [0, 0.05) is 25.0 Å². The minimum Gasteiger partial charge on any atom is -0.493 e. The van der Waals surface area contributed by atoms with Gasteiger partial charge in [-0.3, -0.25) is 4.79 Å². The molecule has 1 saturated carbocycles. The Hall–Kier alpha value is -1.75. The molecule has 0 unspecified atom stereocenters. The van der Waals surface area contributed by atoms with Crippen molar-refractivity contribution in [3.8, 4) is 11.5 Å². The summed E-state index contributed by atoms with van der Waals surface area (Å²) in [5, 5.41) is 6.37. The Balaban J connectivity index is 1.80. The van der Waals surface area contributed by atoms with Crippen molar-refractivity contribution in [1.82, 2.24) is 10.6 Å². The molecule has 132 valence electrons. The highest BCUT2D eigenvalue weighted by atomic mass is 16.5. The monoisotopic (exact) mass is 332 g/mol. The highest BCUT2D eigenvalue weighted by Crippen LogP contribution is 2.42. The molecule has 5 nitrogen and oxygen atoms in total. The second kappa shape index (κ2) is 7.43. The lowest BCUT2D eigenvalue weighted by atomic mass is 9.69. The van der Waals surface area contributed by atoms with Crippen LogP contribution >= 0.6 is 0 Å². The van der Waals surface area contributed by atoms with Crippen molar-refractivity contribution in [3.05, 3.63) is 23.8 Å². The van der Waals surface area contributed by atoms with Crippen molar-refractivity contribution in [1.29, 1.82) is 0 Å². The number of amides is 1. The molecule has 1 heterocycles. The number of rotatable bonds is 6. The molecular weight excluding hydrogens is 304 g/mol. The third-order valence-corrected chi connectivity index (χ3v) is 5.56. The van der Waals surface area contributed by atoms with Crippen LogP contribution in [-0.4, -0.2) is 39.8 Å². The third-order valence-electron chi connectivity index (χ3n) is 5.56. The molecule has 0 spiro atoms. The fraction of sp³-hybridized carbons (Fsp3) is 0.632. The number of carbonyl (C=O) groups excluding carboxylic acids is 1. The van der Waals surface area contributed by atoms with Crippen LogP contribution in [0.1, 0.15) is 37.7 Å².